The first-order chi connectivity index (χ1) is 11.6. The molecule has 1 aromatic carbocycles. The number of nitrogens with one attached hydrogen (secondary N) is 1. The van der Waals surface area contributed by atoms with Crippen LogP contribution in [0.25, 0.3) is 0 Å². The van der Waals surface area contributed by atoms with Gasteiger partial charge in [0, 0.05) is 11.9 Å². The summed E-state index contributed by atoms with van der Waals surface area (Å²) in [6, 6.07) is 5.56. The van der Waals surface area contributed by atoms with Crippen molar-refractivity contribution in [3.05, 3.63) is 28.8 Å². The van der Waals surface area contributed by atoms with Crippen LogP contribution >= 0.6 is 11.6 Å². The summed E-state index contributed by atoms with van der Waals surface area (Å²) in [5, 5.41) is 3.34. The molecule has 0 atom stereocenters. The third-order valence-corrected chi connectivity index (χ3v) is 4.34. The molecule has 24 heavy (non-hydrogen) atoms. The van der Waals surface area contributed by atoms with E-state index >= 15 is 0 Å². The maximum absolute atomic E-state index is 11.8. The summed E-state index contributed by atoms with van der Waals surface area (Å²) in [5.41, 5.74) is 1.09. The Bertz CT molecular complexity index is 570. The van der Waals surface area contributed by atoms with Gasteiger partial charge < -0.3 is 14.8 Å². The van der Waals surface area contributed by atoms with E-state index in [1.54, 1.807) is 6.07 Å². The van der Waals surface area contributed by atoms with E-state index < -0.39 is 0 Å². The van der Waals surface area contributed by atoms with Crippen LogP contribution in [0, 0.1) is 0 Å². The van der Waals surface area contributed by atoms with Gasteiger partial charge in [-0.2, -0.15) is 0 Å². The molecule has 0 spiro atoms. The molecule has 0 saturated heterocycles. The van der Waals surface area contributed by atoms with Crippen LogP contribution in [0.3, 0.4) is 0 Å². The largest absolute Gasteiger partial charge is 0.483 e. The molecule has 1 aromatic rings. The topological polar surface area (TPSA) is 64.6 Å². The highest BCUT2D eigenvalue weighted by molar-refractivity contribution is 6.30. The molecule has 1 aliphatic carbocycles. The normalized spacial score (nSPS) is 14.9. The molecule has 5 nitrogen and oxygen atoms in total. The number of amides is 1. The van der Waals surface area contributed by atoms with Crippen LogP contribution in [-0.2, 0) is 14.3 Å². The van der Waals surface area contributed by atoms with Gasteiger partial charge in [0.2, 0.25) is 0 Å². The maximum Gasteiger partial charge on any atom is 0.302 e. The number of ether oxygens (including phenoxy) is 2. The zero-order valence-corrected chi connectivity index (χ0v) is 14.7. The number of hydrogen-bond acceptors (Lipinski definition) is 4. The van der Waals surface area contributed by atoms with Gasteiger partial charge in [-0.1, -0.05) is 30.9 Å². The van der Waals surface area contributed by atoms with Crippen molar-refractivity contribution >= 4 is 23.5 Å². The van der Waals surface area contributed by atoms with Gasteiger partial charge in [-0.15, -0.1) is 0 Å². The van der Waals surface area contributed by atoms with E-state index in [0.29, 0.717) is 10.9 Å². The van der Waals surface area contributed by atoms with Gasteiger partial charge in [-0.05, 0) is 42.5 Å². The quantitative estimate of drug-likeness (QED) is 0.602. The van der Waals surface area contributed by atoms with E-state index in [1.807, 2.05) is 12.1 Å². The van der Waals surface area contributed by atoms with Crippen molar-refractivity contribution in [2.75, 3.05) is 19.8 Å². The molecule has 6 heteroatoms. The van der Waals surface area contributed by atoms with Gasteiger partial charge in [-0.25, -0.2) is 0 Å². The first kappa shape index (κ1) is 18.6. The molecule has 0 unspecified atom stereocenters. The maximum atomic E-state index is 11.8. The summed E-state index contributed by atoms with van der Waals surface area (Å²) >= 11 is 6.13. The third kappa shape index (κ3) is 6.04. The molecule has 0 radical (unpaired) electrons. The van der Waals surface area contributed by atoms with Gasteiger partial charge in [-0.3, -0.25) is 9.59 Å². The van der Waals surface area contributed by atoms with E-state index in [4.69, 9.17) is 21.1 Å². The van der Waals surface area contributed by atoms with Gasteiger partial charge in [0.1, 0.15) is 12.4 Å². The molecule has 1 N–H and O–H groups in total. The Morgan fingerprint density at radius 2 is 2.00 bits per heavy atom. The molecule has 0 heterocycles. The van der Waals surface area contributed by atoms with E-state index in [1.165, 1.54) is 26.2 Å². The van der Waals surface area contributed by atoms with Gasteiger partial charge >= 0.3 is 5.97 Å². The number of esters is 1. The number of benzene rings is 1. The van der Waals surface area contributed by atoms with Crippen molar-refractivity contribution in [1.82, 2.24) is 5.32 Å². The highest BCUT2D eigenvalue weighted by Gasteiger charge is 2.20. The molecule has 0 aliphatic heterocycles. The Hall–Kier alpha value is -1.75. The second-order valence-electron chi connectivity index (χ2n) is 6.00. The van der Waals surface area contributed by atoms with Crippen LogP contribution < -0.4 is 10.1 Å². The minimum absolute atomic E-state index is 0.0680. The molecular formula is C18H24ClNO4. The van der Waals surface area contributed by atoms with Gasteiger partial charge in [0.15, 0.2) is 6.61 Å². The average molecular weight is 354 g/mol. The Morgan fingerprint density at radius 3 is 2.71 bits per heavy atom. The lowest BCUT2D eigenvalue weighted by Gasteiger charge is -2.24. The molecular weight excluding hydrogens is 330 g/mol. The average Bonchev–Trinajstić information content (AvgIpc) is 2.58. The first-order valence-electron chi connectivity index (χ1n) is 8.38. The molecule has 0 bridgehead atoms. The van der Waals surface area contributed by atoms with Crippen molar-refractivity contribution in [3.63, 3.8) is 0 Å². The molecule has 2 rings (SSSR count). The monoisotopic (exact) mass is 353 g/mol. The van der Waals surface area contributed by atoms with Crippen molar-refractivity contribution in [1.29, 1.82) is 0 Å². The first-order valence-corrected chi connectivity index (χ1v) is 8.76. The second-order valence-corrected chi connectivity index (χ2v) is 6.43. The Labute approximate surface area is 147 Å². The van der Waals surface area contributed by atoms with Crippen LogP contribution in [0.4, 0.5) is 0 Å². The van der Waals surface area contributed by atoms with Crippen molar-refractivity contribution in [2.45, 2.75) is 44.9 Å². The Morgan fingerprint density at radius 1 is 1.25 bits per heavy atom. The summed E-state index contributed by atoms with van der Waals surface area (Å²) in [7, 11) is 0. The number of carbonyl (C=O) groups excluding carboxylic acids is 2. The fourth-order valence-electron chi connectivity index (χ4n) is 2.96. The van der Waals surface area contributed by atoms with E-state index in [-0.39, 0.29) is 31.6 Å². The second kappa shape index (κ2) is 9.52. The fraction of sp³-hybridized carbons (Fsp3) is 0.556. The van der Waals surface area contributed by atoms with Crippen LogP contribution in [-0.4, -0.2) is 31.6 Å². The van der Waals surface area contributed by atoms with Crippen LogP contribution in [0.15, 0.2) is 18.2 Å². The van der Waals surface area contributed by atoms with E-state index in [0.717, 1.165) is 24.2 Å². The summed E-state index contributed by atoms with van der Waals surface area (Å²) in [5.74, 6) is 0.561. The van der Waals surface area contributed by atoms with Crippen molar-refractivity contribution < 1.29 is 19.1 Å². The number of halogens is 1. The highest BCUT2D eigenvalue weighted by Crippen LogP contribution is 2.38. The van der Waals surface area contributed by atoms with Crippen LogP contribution in [0.2, 0.25) is 5.02 Å². The summed E-state index contributed by atoms with van der Waals surface area (Å²) in [4.78, 5) is 22.5. The number of rotatable bonds is 7. The molecule has 132 valence electrons. The SMILES string of the molecule is CC(=O)OCCNC(=O)COc1ccc(Cl)cc1C1CCCCC1. The van der Waals surface area contributed by atoms with Gasteiger partial charge in [0.05, 0.1) is 6.54 Å². The number of hydrogen-bond donors (Lipinski definition) is 1. The lowest BCUT2D eigenvalue weighted by atomic mass is 9.84. The van der Waals surface area contributed by atoms with Crippen LogP contribution in [0.5, 0.6) is 5.75 Å². The minimum Gasteiger partial charge on any atom is -0.483 e. The lowest BCUT2D eigenvalue weighted by molar-refractivity contribution is -0.141. The molecule has 1 aliphatic rings. The van der Waals surface area contributed by atoms with Gasteiger partial charge in [0.25, 0.3) is 5.91 Å². The summed E-state index contributed by atoms with van der Waals surface area (Å²) in [6.45, 7) is 1.70. The summed E-state index contributed by atoms with van der Waals surface area (Å²) < 4.78 is 10.5. The third-order valence-electron chi connectivity index (χ3n) is 4.11. The molecule has 0 aromatic heterocycles. The smallest absolute Gasteiger partial charge is 0.302 e. The Kier molecular flexibility index (Phi) is 7.37. The van der Waals surface area contributed by atoms with E-state index in [9.17, 15) is 9.59 Å². The van der Waals surface area contributed by atoms with E-state index in [2.05, 4.69) is 5.32 Å². The predicted octanol–water partition coefficient (Wildman–Crippen LogP) is 3.45. The molecule has 1 saturated carbocycles. The number of carbonyl (C=O) groups is 2. The van der Waals surface area contributed by atoms with Crippen LogP contribution in [0.1, 0.15) is 50.5 Å². The minimum atomic E-state index is -0.362. The highest BCUT2D eigenvalue weighted by atomic mass is 35.5. The lowest BCUT2D eigenvalue weighted by Crippen LogP contribution is -2.32. The van der Waals surface area contributed by atoms with Crippen molar-refractivity contribution in [3.8, 4) is 5.75 Å². The molecule has 1 fully saturated rings. The standard InChI is InChI=1S/C18H24ClNO4/c1-13(21)23-10-9-20-18(22)12-24-17-8-7-15(19)11-16(17)14-5-3-2-4-6-14/h7-8,11,14H,2-6,9-10,12H2,1H3,(H,20,22). The predicted molar refractivity (Wildman–Crippen MR) is 92.4 cm³/mol. The molecule has 1 amide bonds. The fourth-order valence-corrected chi connectivity index (χ4v) is 3.14. The Balaban J connectivity index is 1.87. The summed E-state index contributed by atoms with van der Waals surface area (Å²) in [6.07, 6.45) is 5.97. The zero-order chi connectivity index (χ0) is 17.4. The zero-order valence-electron chi connectivity index (χ0n) is 14.0. The van der Waals surface area contributed by atoms with Crippen molar-refractivity contribution in [2.24, 2.45) is 0 Å².